The summed E-state index contributed by atoms with van der Waals surface area (Å²) in [6, 6.07) is 12.3. The zero-order chi connectivity index (χ0) is 18.6. The standard InChI is InChI=1S/C18H21ClN2O4S.ClH/c19-15-11-16-17(25-10-9-24-16)12-18(15)26(22,23)21(8-4-7-20)13-14-5-2-1-3-6-14;/h1-3,5-6,11-12H,4,7-10,13,20H2;1H. The number of benzene rings is 2. The molecule has 1 heterocycles. The molecule has 0 saturated heterocycles. The van der Waals surface area contributed by atoms with Crippen LogP contribution in [0.15, 0.2) is 47.4 Å². The van der Waals surface area contributed by atoms with Gasteiger partial charge >= 0.3 is 0 Å². The quantitative estimate of drug-likeness (QED) is 0.726. The first-order valence-electron chi connectivity index (χ1n) is 8.35. The molecule has 0 fully saturated rings. The molecule has 2 aromatic carbocycles. The van der Waals surface area contributed by atoms with Crippen LogP contribution in [-0.2, 0) is 16.6 Å². The second-order valence-corrected chi connectivity index (χ2v) is 8.21. The lowest BCUT2D eigenvalue weighted by Crippen LogP contribution is -2.33. The van der Waals surface area contributed by atoms with Crippen LogP contribution < -0.4 is 15.2 Å². The van der Waals surface area contributed by atoms with Gasteiger partial charge in [-0.25, -0.2) is 8.42 Å². The van der Waals surface area contributed by atoms with Gasteiger partial charge in [0.15, 0.2) is 11.5 Å². The third-order valence-electron chi connectivity index (χ3n) is 4.03. The first kappa shape index (κ1) is 21.8. The molecule has 0 radical (unpaired) electrons. The summed E-state index contributed by atoms with van der Waals surface area (Å²) < 4.78 is 38.9. The highest BCUT2D eigenvalue weighted by Crippen LogP contribution is 2.38. The second kappa shape index (κ2) is 9.61. The molecule has 0 saturated carbocycles. The van der Waals surface area contributed by atoms with Crippen LogP contribution in [0.2, 0.25) is 5.02 Å². The largest absolute Gasteiger partial charge is 0.486 e. The van der Waals surface area contributed by atoms with Crippen LogP contribution in [0, 0.1) is 0 Å². The number of rotatable bonds is 7. The second-order valence-electron chi connectivity index (χ2n) is 5.89. The van der Waals surface area contributed by atoms with Gasteiger partial charge < -0.3 is 15.2 Å². The van der Waals surface area contributed by atoms with Crippen LogP contribution in [0.3, 0.4) is 0 Å². The van der Waals surface area contributed by atoms with Crippen molar-refractivity contribution in [2.75, 3.05) is 26.3 Å². The molecule has 2 N–H and O–H groups in total. The van der Waals surface area contributed by atoms with Crippen molar-refractivity contribution in [3.63, 3.8) is 0 Å². The third-order valence-corrected chi connectivity index (χ3v) is 6.34. The van der Waals surface area contributed by atoms with E-state index < -0.39 is 10.0 Å². The van der Waals surface area contributed by atoms with Gasteiger partial charge in [0.2, 0.25) is 10.0 Å². The van der Waals surface area contributed by atoms with E-state index in [1.807, 2.05) is 30.3 Å². The van der Waals surface area contributed by atoms with Crippen molar-refractivity contribution in [1.29, 1.82) is 0 Å². The van der Waals surface area contributed by atoms with Crippen molar-refractivity contribution < 1.29 is 17.9 Å². The van der Waals surface area contributed by atoms with Crippen LogP contribution in [0.4, 0.5) is 0 Å². The topological polar surface area (TPSA) is 81.9 Å². The maximum atomic E-state index is 13.3. The first-order valence-corrected chi connectivity index (χ1v) is 10.2. The number of sulfonamides is 1. The van der Waals surface area contributed by atoms with Crippen LogP contribution in [-0.4, -0.2) is 39.0 Å². The van der Waals surface area contributed by atoms with E-state index in [4.69, 9.17) is 26.8 Å². The summed E-state index contributed by atoms with van der Waals surface area (Å²) in [5, 5.41) is 0.111. The lowest BCUT2D eigenvalue weighted by molar-refractivity contribution is 0.171. The van der Waals surface area contributed by atoms with Gasteiger partial charge in [-0.05, 0) is 18.5 Å². The molecule has 6 nitrogen and oxygen atoms in total. The molecule has 1 aliphatic rings. The molecule has 148 valence electrons. The summed E-state index contributed by atoms with van der Waals surface area (Å²) in [4.78, 5) is 0.0105. The van der Waals surface area contributed by atoms with E-state index in [0.29, 0.717) is 44.2 Å². The van der Waals surface area contributed by atoms with Crippen LogP contribution >= 0.6 is 24.0 Å². The number of fused-ring (bicyclic) bond motifs is 1. The van der Waals surface area contributed by atoms with Crippen LogP contribution in [0.5, 0.6) is 11.5 Å². The highest BCUT2D eigenvalue weighted by atomic mass is 35.5. The van der Waals surface area contributed by atoms with Crippen molar-refractivity contribution in [3.8, 4) is 11.5 Å². The van der Waals surface area contributed by atoms with E-state index in [1.165, 1.54) is 16.4 Å². The molecular weight excluding hydrogens is 411 g/mol. The summed E-state index contributed by atoms with van der Waals surface area (Å²) in [6.45, 7) is 1.73. The fourth-order valence-corrected chi connectivity index (χ4v) is 4.70. The van der Waals surface area contributed by atoms with Crippen molar-refractivity contribution >= 4 is 34.0 Å². The Morgan fingerprint density at radius 3 is 2.33 bits per heavy atom. The Labute approximate surface area is 170 Å². The van der Waals surface area contributed by atoms with Gasteiger partial charge in [-0.3, -0.25) is 0 Å². The van der Waals surface area contributed by atoms with Crippen molar-refractivity contribution in [2.24, 2.45) is 5.73 Å². The van der Waals surface area contributed by atoms with Crippen LogP contribution in [0.25, 0.3) is 0 Å². The highest BCUT2D eigenvalue weighted by Gasteiger charge is 2.29. The molecule has 0 unspecified atom stereocenters. The number of nitrogens with two attached hydrogens (primary N) is 1. The number of hydrogen-bond donors (Lipinski definition) is 1. The zero-order valence-corrected chi connectivity index (χ0v) is 17.0. The van der Waals surface area contributed by atoms with Crippen LogP contribution in [0.1, 0.15) is 12.0 Å². The predicted molar refractivity (Wildman–Crippen MR) is 107 cm³/mol. The van der Waals surface area contributed by atoms with Crippen molar-refractivity contribution in [3.05, 3.63) is 53.1 Å². The minimum absolute atomic E-state index is 0. The Balaban J connectivity index is 0.00000261. The molecule has 27 heavy (non-hydrogen) atoms. The Morgan fingerprint density at radius 2 is 1.70 bits per heavy atom. The molecule has 3 rings (SSSR count). The lowest BCUT2D eigenvalue weighted by atomic mass is 10.2. The molecule has 0 aromatic heterocycles. The monoisotopic (exact) mass is 432 g/mol. The molecule has 9 heteroatoms. The van der Waals surface area contributed by atoms with Gasteiger partial charge in [0.1, 0.15) is 18.1 Å². The van der Waals surface area contributed by atoms with E-state index in [0.717, 1.165) is 5.56 Å². The van der Waals surface area contributed by atoms with Gasteiger partial charge in [-0.2, -0.15) is 4.31 Å². The van der Waals surface area contributed by atoms with E-state index in [2.05, 4.69) is 0 Å². The average molecular weight is 433 g/mol. The summed E-state index contributed by atoms with van der Waals surface area (Å²) in [5.41, 5.74) is 6.48. The zero-order valence-electron chi connectivity index (χ0n) is 14.6. The third kappa shape index (κ3) is 5.06. The minimum Gasteiger partial charge on any atom is -0.486 e. The fraction of sp³-hybridized carbons (Fsp3) is 0.333. The Morgan fingerprint density at radius 1 is 1.07 bits per heavy atom. The molecule has 0 atom stereocenters. The maximum Gasteiger partial charge on any atom is 0.245 e. The number of nitrogens with zero attached hydrogens (tertiary/aromatic N) is 1. The fourth-order valence-electron chi connectivity index (χ4n) is 2.72. The molecule has 0 amide bonds. The van der Waals surface area contributed by atoms with Gasteiger partial charge in [-0.1, -0.05) is 41.9 Å². The summed E-state index contributed by atoms with van der Waals surface area (Å²) in [6.07, 6.45) is 0.550. The molecule has 0 spiro atoms. The number of ether oxygens (including phenoxy) is 2. The summed E-state index contributed by atoms with van der Waals surface area (Å²) in [7, 11) is -3.83. The normalized spacial score (nSPS) is 13.3. The summed E-state index contributed by atoms with van der Waals surface area (Å²) >= 11 is 6.26. The van der Waals surface area contributed by atoms with E-state index >= 15 is 0 Å². The average Bonchev–Trinajstić information content (AvgIpc) is 2.65. The lowest BCUT2D eigenvalue weighted by Gasteiger charge is -2.24. The smallest absolute Gasteiger partial charge is 0.245 e. The molecule has 1 aliphatic heterocycles. The van der Waals surface area contributed by atoms with Gasteiger partial charge in [0, 0.05) is 25.2 Å². The molecule has 0 aliphatic carbocycles. The Hall–Kier alpha value is -1.51. The molecule has 2 aromatic rings. The van der Waals surface area contributed by atoms with E-state index in [1.54, 1.807) is 0 Å². The van der Waals surface area contributed by atoms with Gasteiger partial charge in [-0.15, -0.1) is 12.4 Å². The summed E-state index contributed by atoms with van der Waals surface area (Å²) in [5.74, 6) is 0.842. The van der Waals surface area contributed by atoms with Crippen molar-refractivity contribution in [1.82, 2.24) is 4.31 Å². The molecular formula is C18H22Cl2N2O4S. The number of halogens is 2. The predicted octanol–water partition coefficient (Wildman–Crippen LogP) is 3.07. The van der Waals surface area contributed by atoms with E-state index in [9.17, 15) is 8.42 Å². The van der Waals surface area contributed by atoms with Gasteiger partial charge in [0.25, 0.3) is 0 Å². The first-order chi connectivity index (χ1) is 12.5. The highest BCUT2D eigenvalue weighted by molar-refractivity contribution is 7.89. The minimum atomic E-state index is -3.83. The van der Waals surface area contributed by atoms with Crippen molar-refractivity contribution in [2.45, 2.75) is 17.9 Å². The van der Waals surface area contributed by atoms with E-state index in [-0.39, 0.29) is 28.9 Å². The van der Waals surface area contributed by atoms with Gasteiger partial charge in [0.05, 0.1) is 5.02 Å². The Bertz CT molecular complexity index is 863. The number of hydrogen-bond acceptors (Lipinski definition) is 5. The molecule has 0 bridgehead atoms. The maximum absolute atomic E-state index is 13.3. The SMILES string of the molecule is Cl.NCCCN(Cc1ccccc1)S(=O)(=O)c1cc2c(cc1Cl)OCCO2. The Kier molecular flexibility index (Phi) is 7.76.